The van der Waals surface area contributed by atoms with Gasteiger partial charge in [-0.05, 0) is 43.0 Å². The molecule has 5 heteroatoms. The molecule has 1 N–H and O–H groups in total. The van der Waals surface area contributed by atoms with Gasteiger partial charge in [0.2, 0.25) is 0 Å². The average Bonchev–Trinajstić information content (AvgIpc) is 3.12. The highest BCUT2D eigenvalue weighted by molar-refractivity contribution is 5.37. The van der Waals surface area contributed by atoms with Gasteiger partial charge >= 0.3 is 0 Å². The van der Waals surface area contributed by atoms with Crippen LogP contribution in [-0.4, -0.2) is 66.4 Å². The van der Waals surface area contributed by atoms with Crippen molar-refractivity contribution in [2.75, 3.05) is 33.4 Å². The van der Waals surface area contributed by atoms with Crippen molar-refractivity contribution in [3.63, 3.8) is 0 Å². The fraction of sp³-hybridized carbons (Fsp3) is 0.520. The third-order valence-corrected chi connectivity index (χ3v) is 6.42. The highest BCUT2D eigenvalue weighted by Gasteiger charge is 2.39. The van der Waals surface area contributed by atoms with Gasteiger partial charge < -0.3 is 14.6 Å². The minimum Gasteiger partial charge on any atom is -0.496 e. The maximum absolute atomic E-state index is 10.2. The van der Waals surface area contributed by atoms with Gasteiger partial charge in [0.1, 0.15) is 5.75 Å². The summed E-state index contributed by atoms with van der Waals surface area (Å²) in [5, 5.41) is 10.2. The molecule has 162 valence electrons. The van der Waals surface area contributed by atoms with Crippen molar-refractivity contribution >= 4 is 0 Å². The number of fused-ring (bicyclic) bond motifs is 1. The van der Waals surface area contributed by atoms with E-state index >= 15 is 0 Å². The number of nitrogens with zero attached hydrogens (tertiary/aromatic N) is 2. The van der Waals surface area contributed by atoms with E-state index in [9.17, 15) is 5.11 Å². The largest absolute Gasteiger partial charge is 0.496 e. The zero-order chi connectivity index (χ0) is 20.9. The Balaban J connectivity index is 1.53. The van der Waals surface area contributed by atoms with Gasteiger partial charge in [-0.2, -0.15) is 0 Å². The first-order chi connectivity index (χ1) is 14.7. The van der Waals surface area contributed by atoms with E-state index in [1.54, 1.807) is 7.11 Å². The molecule has 0 aromatic heterocycles. The fourth-order valence-corrected chi connectivity index (χ4v) is 4.94. The van der Waals surface area contributed by atoms with Gasteiger partial charge in [0.25, 0.3) is 0 Å². The highest BCUT2D eigenvalue weighted by Crippen LogP contribution is 2.29. The molecule has 2 fully saturated rings. The Morgan fingerprint density at radius 1 is 1.03 bits per heavy atom. The molecule has 0 amide bonds. The Morgan fingerprint density at radius 3 is 2.63 bits per heavy atom. The van der Waals surface area contributed by atoms with E-state index in [4.69, 9.17) is 9.47 Å². The molecule has 30 heavy (non-hydrogen) atoms. The Hall–Kier alpha value is -1.92. The molecule has 0 bridgehead atoms. The van der Waals surface area contributed by atoms with Crippen molar-refractivity contribution < 1.29 is 14.6 Å². The number of hydrogen-bond acceptors (Lipinski definition) is 5. The molecule has 0 saturated carbocycles. The molecule has 2 aliphatic heterocycles. The van der Waals surface area contributed by atoms with E-state index in [0.717, 1.165) is 50.3 Å². The molecular weight excluding hydrogens is 376 g/mol. The standard InChI is InChI=1S/C25H34N2O3/c1-3-30-18-21-11-20(9-10-25(21)29-2)14-26-16-23-13-24(28)17-27(23)15-22(26)12-19-7-5-4-6-8-19/h4-11,22-24,28H,3,12-18H2,1-2H3/t22-,23+,24-/m1/s1. The van der Waals surface area contributed by atoms with Crippen LogP contribution in [-0.2, 0) is 24.3 Å². The van der Waals surface area contributed by atoms with Crippen molar-refractivity contribution in [2.45, 2.75) is 51.1 Å². The maximum Gasteiger partial charge on any atom is 0.124 e. The van der Waals surface area contributed by atoms with Crippen LogP contribution in [0.2, 0.25) is 0 Å². The number of hydrogen-bond donors (Lipinski definition) is 1. The molecule has 2 aromatic rings. The Labute approximate surface area is 180 Å². The summed E-state index contributed by atoms with van der Waals surface area (Å²) in [4.78, 5) is 5.10. The molecule has 2 saturated heterocycles. The molecule has 0 aliphatic carbocycles. The minimum absolute atomic E-state index is 0.189. The Kier molecular flexibility index (Phi) is 7.05. The van der Waals surface area contributed by atoms with Crippen molar-refractivity contribution in [3.8, 4) is 5.75 Å². The van der Waals surface area contributed by atoms with Gasteiger partial charge in [0.15, 0.2) is 0 Å². The van der Waals surface area contributed by atoms with Crippen LogP contribution < -0.4 is 4.74 Å². The van der Waals surface area contributed by atoms with E-state index < -0.39 is 0 Å². The van der Waals surface area contributed by atoms with Crippen LogP contribution in [0.4, 0.5) is 0 Å². The summed E-state index contributed by atoms with van der Waals surface area (Å²) in [6.45, 7) is 7.01. The maximum atomic E-state index is 10.2. The number of methoxy groups -OCH3 is 1. The second kappa shape index (κ2) is 9.92. The van der Waals surface area contributed by atoms with E-state index in [1.165, 1.54) is 11.1 Å². The first-order valence-corrected chi connectivity index (χ1v) is 11.1. The fourth-order valence-electron chi connectivity index (χ4n) is 4.94. The number of piperazine rings is 1. The summed E-state index contributed by atoms with van der Waals surface area (Å²) in [5.41, 5.74) is 3.76. The molecule has 0 radical (unpaired) electrons. The lowest BCUT2D eigenvalue weighted by Crippen LogP contribution is -2.56. The van der Waals surface area contributed by atoms with Crippen LogP contribution in [0, 0.1) is 0 Å². The number of benzene rings is 2. The number of ether oxygens (including phenoxy) is 2. The van der Waals surface area contributed by atoms with Crippen LogP contribution in [0.25, 0.3) is 0 Å². The van der Waals surface area contributed by atoms with Gasteiger partial charge in [0.05, 0.1) is 19.8 Å². The monoisotopic (exact) mass is 410 g/mol. The smallest absolute Gasteiger partial charge is 0.124 e. The SMILES string of the molecule is CCOCc1cc(CN2C[C@@H]3C[C@@H](O)CN3C[C@H]2Cc2ccccc2)ccc1OC. The van der Waals surface area contributed by atoms with Crippen LogP contribution in [0.15, 0.2) is 48.5 Å². The lowest BCUT2D eigenvalue weighted by Gasteiger charge is -2.44. The lowest BCUT2D eigenvalue weighted by atomic mass is 9.98. The van der Waals surface area contributed by atoms with E-state index in [1.807, 2.05) is 6.92 Å². The summed E-state index contributed by atoms with van der Waals surface area (Å²) >= 11 is 0. The van der Waals surface area contributed by atoms with E-state index in [0.29, 0.717) is 25.3 Å². The van der Waals surface area contributed by atoms with Crippen molar-refractivity contribution in [1.82, 2.24) is 9.80 Å². The highest BCUT2D eigenvalue weighted by atomic mass is 16.5. The van der Waals surface area contributed by atoms with Crippen LogP contribution in [0.5, 0.6) is 5.75 Å². The quantitative estimate of drug-likeness (QED) is 0.725. The summed E-state index contributed by atoms with van der Waals surface area (Å²) in [6, 6.07) is 18.1. The number of aliphatic hydroxyl groups is 1. The van der Waals surface area contributed by atoms with Gasteiger partial charge in [-0.25, -0.2) is 0 Å². The van der Waals surface area contributed by atoms with Gasteiger partial charge in [-0.1, -0.05) is 36.4 Å². The zero-order valence-corrected chi connectivity index (χ0v) is 18.2. The van der Waals surface area contributed by atoms with Crippen molar-refractivity contribution in [3.05, 3.63) is 65.2 Å². The number of aliphatic hydroxyl groups excluding tert-OH is 1. The zero-order valence-electron chi connectivity index (χ0n) is 18.2. The van der Waals surface area contributed by atoms with Crippen LogP contribution in [0.3, 0.4) is 0 Å². The minimum atomic E-state index is -0.189. The first kappa shape index (κ1) is 21.3. The molecule has 5 nitrogen and oxygen atoms in total. The molecule has 0 unspecified atom stereocenters. The van der Waals surface area contributed by atoms with Crippen LogP contribution in [0.1, 0.15) is 30.0 Å². The Morgan fingerprint density at radius 2 is 1.87 bits per heavy atom. The first-order valence-electron chi connectivity index (χ1n) is 11.1. The van der Waals surface area contributed by atoms with Crippen molar-refractivity contribution in [2.24, 2.45) is 0 Å². The number of rotatable bonds is 8. The molecular formula is C25H34N2O3. The average molecular weight is 411 g/mol. The summed E-state index contributed by atoms with van der Waals surface area (Å²) < 4.78 is 11.2. The van der Waals surface area contributed by atoms with Gasteiger partial charge in [-0.15, -0.1) is 0 Å². The Bertz CT molecular complexity index is 813. The van der Waals surface area contributed by atoms with Crippen LogP contribution >= 0.6 is 0 Å². The summed E-state index contributed by atoms with van der Waals surface area (Å²) in [6.07, 6.45) is 1.72. The molecule has 2 heterocycles. The second-order valence-corrected chi connectivity index (χ2v) is 8.55. The van der Waals surface area contributed by atoms with Crippen molar-refractivity contribution in [1.29, 1.82) is 0 Å². The summed E-state index contributed by atoms with van der Waals surface area (Å²) in [5.74, 6) is 0.886. The molecule has 0 spiro atoms. The molecule has 4 rings (SSSR count). The predicted molar refractivity (Wildman–Crippen MR) is 119 cm³/mol. The molecule has 2 aromatic carbocycles. The topological polar surface area (TPSA) is 45.2 Å². The van der Waals surface area contributed by atoms with E-state index in [2.05, 4.69) is 58.3 Å². The summed E-state index contributed by atoms with van der Waals surface area (Å²) in [7, 11) is 1.71. The van der Waals surface area contributed by atoms with Gasteiger partial charge in [-0.3, -0.25) is 9.80 Å². The normalized spacial score (nSPS) is 24.7. The van der Waals surface area contributed by atoms with Gasteiger partial charge in [0, 0.05) is 50.4 Å². The second-order valence-electron chi connectivity index (χ2n) is 8.55. The lowest BCUT2D eigenvalue weighted by molar-refractivity contribution is 0.0444. The molecule has 3 atom stereocenters. The third kappa shape index (κ3) is 5.03. The third-order valence-electron chi connectivity index (χ3n) is 6.42. The van der Waals surface area contributed by atoms with E-state index in [-0.39, 0.29) is 6.10 Å². The molecule has 2 aliphatic rings. The predicted octanol–water partition coefficient (Wildman–Crippen LogP) is 3.09.